The molecule has 0 radical (unpaired) electrons. The van der Waals surface area contributed by atoms with Crippen LogP contribution in [0.15, 0.2) is 54.6 Å². The fourth-order valence-electron chi connectivity index (χ4n) is 2.34. The van der Waals surface area contributed by atoms with Crippen LogP contribution in [0.5, 0.6) is 0 Å². The van der Waals surface area contributed by atoms with E-state index >= 15 is 0 Å². The van der Waals surface area contributed by atoms with E-state index in [1.165, 1.54) is 4.68 Å². The maximum atomic E-state index is 12.4. The molecule has 1 aromatic heterocycles. The van der Waals surface area contributed by atoms with Crippen LogP contribution < -0.4 is 11.1 Å². The summed E-state index contributed by atoms with van der Waals surface area (Å²) in [6.45, 7) is 1.89. The highest BCUT2D eigenvalue weighted by molar-refractivity contribution is 6.30. The van der Waals surface area contributed by atoms with Crippen molar-refractivity contribution in [1.29, 1.82) is 0 Å². The summed E-state index contributed by atoms with van der Waals surface area (Å²) in [5, 5.41) is 11.3. The quantitative estimate of drug-likeness (QED) is 0.763. The molecule has 0 spiro atoms. The number of carbonyl (C=O) groups is 1. The number of hydrogen-bond acceptors (Lipinski definition) is 4. The number of nitrogen functional groups attached to an aromatic ring is 1. The van der Waals surface area contributed by atoms with Gasteiger partial charge in [-0.2, -0.15) is 4.68 Å². The number of carbonyl (C=O) groups excluding carboxylic acids is 1. The molecule has 0 aliphatic carbocycles. The molecule has 0 saturated heterocycles. The summed E-state index contributed by atoms with van der Waals surface area (Å²) >= 11 is 5.97. The average Bonchev–Trinajstić information content (AvgIpc) is 2.97. The van der Waals surface area contributed by atoms with Gasteiger partial charge >= 0.3 is 0 Å². The Labute approximate surface area is 144 Å². The van der Waals surface area contributed by atoms with Gasteiger partial charge < -0.3 is 11.1 Å². The van der Waals surface area contributed by atoms with E-state index in [-0.39, 0.29) is 23.5 Å². The second-order valence-corrected chi connectivity index (χ2v) is 5.76. The lowest BCUT2D eigenvalue weighted by atomic mass is 10.1. The highest BCUT2D eigenvalue weighted by atomic mass is 35.5. The summed E-state index contributed by atoms with van der Waals surface area (Å²) in [7, 11) is 0. The molecule has 0 aliphatic rings. The van der Waals surface area contributed by atoms with E-state index in [9.17, 15) is 4.79 Å². The molecule has 3 rings (SSSR count). The monoisotopic (exact) mass is 341 g/mol. The van der Waals surface area contributed by atoms with Crippen molar-refractivity contribution in [3.05, 3.63) is 70.9 Å². The van der Waals surface area contributed by atoms with Gasteiger partial charge in [0, 0.05) is 5.02 Å². The third kappa shape index (κ3) is 3.23. The lowest BCUT2D eigenvalue weighted by molar-refractivity contribution is 0.0935. The standard InChI is InChI=1S/C17H16ClN5O/c1-11(12-6-3-2-4-7-12)20-17(24)15-16(19)23(22-21-15)14-9-5-8-13(18)10-14/h2-11H,19H2,1H3,(H,20,24)/t11-/m1/s1. The number of aromatic nitrogens is 3. The minimum Gasteiger partial charge on any atom is -0.382 e. The van der Waals surface area contributed by atoms with Crippen molar-refractivity contribution in [1.82, 2.24) is 20.3 Å². The van der Waals surface area contributed by atoms with Gasteiger partial charge in [0.15, 0.2) is 11.5 Å². The number of amides is 1. The maximum absolute atomic E-state index is 12.4. The first kappa shape index (κ1) is 16.0. The van der Waals surface area contributed by atoms with Gasteiger partial charge in [-0.15, -0.1) is 5.10 Å². The first-order valence-corrected chi connectivity index (χ1v) is 7.77. The highest BCUT2D eigenvalue weighted by Gasteiger charge is 2.20. The molecule has 1 atom stereocenters. The Kier molecular flexibility index (Phi) is 4.48. The van der Waals surface area contributed by atoms with E-state index in [1.807, 2.05) is 37.3 Å². The minimum atomic E-state index is -0.378. The molecular weight excluding hydrogens is 326 g/mol. The number of anilines is 1. The summed E-state index contributed by atoms with van der Waals surface area (Å²) in [5.41, 5.74) is 7.75. The summed E-state index contributed by atoms with van der Waals surface area (Å²) in [6.07, 6.45) is 0. The van der Waals surface area contributed by atoms with Gasteiger partial charge in [-0.05, 0) is 30.7 Å². The lowest BCUT2D eigenvalue weighted by Crippen LogP contribution is -2.27. The number of nitrogens with zero attached hydrogens (tertiary/aromatic N) is 3. The first-order valence-electron chi connectivity index (χ1n) is 7.39. The smallest absolute Gasteiger partial charge is 0.276 e. The van der Waals surface area contributed by atoms with E-state index in [4.69, 9.17) is 17.3 Å². The van der Waals surface area contributed by atoms with Gasteiger partial charge in [0.25, 0.3) is 5.91 Å². The predicted molar refractivity (Wildman–Crippen MR) is 93.1 cm³/mol. The second-order valence-electron chi connectivity index (χ2n) is 5.32. The second kappa shape index (κ2) is 6.72. The van der Waals surface area contributed by atoms with Crippen molar-refractivity contribution in [2.45, 2.75) is 13.0 Å². The van der Waals surface area contributed by atoms with Crippen LogP contribution in [0.25, 0.3) is 5.69 Å². The fourth-order valence-corrected chi connectivity index (χ4v) is 2.52. The van der Waals surface area contributed by atoms with Crippen LogP contribution in [0.3, 0.4) is 0 Å². The zero-order valence-electron chi connectivity index (χ0n) is 13.0. The van der Waals surface area contributed by atoms with Gasteiger partial charge in [-0.1, -0.05) is 53.2 Å². The SMILES string of the molecule is C[C@@H](NC(=O)c1nnn(-c2cccc(Cl)c2)c1N)c1ccccc1. The average molecular weight is 342 g/mol. The molecule has 0 unspecified atom stereocenters. The Morgan fingerprint density at radius 3 is 2.67 bits per heavy atom. The topological polar surface area (TPSA) is 85.8 Å². The van der Waals surface area contributed by atoms with Gasteiger partial charge in [0.1, 0.15) is 0 Å². The molecule has 3 aromatic rings. The van der Waals surface area contributed by atoms with Gasteiger partial charge in [0.05, 0.1) is 11.7 Å². The zero-order chi connectivity index (χ0) is 17.1. The summed E-state index contributed by atoms with van der Waals surface area (Å²) < 4.78 is 1.38. The normalized spacial score (nSPS) is 11.9. The van der Waals surface area contributed by atoms with Crippen LogP contribution in [0.4, 0.5) is 5.82 Å². The summed E-state index contributed by atoms with van der Waals surface area (Å²) in [6, 6.07) is 16.5. The lowest BCUT2D eigenvalue weighted by Gasteiger charge is -2.13. The molecule has 0 aliphatic heterocycles. The molecule has 0 bridgehead atoms. The molecule has 6 nitrogen and oxygen atoms in total. The molecule has 0 saturated carbocycles. The van der Waals surface area contributed by atoms with E-state index in [1.54, 1.807) is 24.3 Å². The van der Waals surface area contributed by atoms with Crippen molar-refractivity contribution in [3.8, 4) is 5.69 Å². The molecular formula is C17H16ClN5O. The largest absolute Gasteiger partial charge is 0.382 e. The number of rotatable bonds is 4. The number of hydrogen-bond donors (Lipinski definition) is 2. The van der Waals surface area contributed by atoms with Gasteiger partial charge in [-0.25, -0.2) is 0 Å². The minimum absolute atomic E-state index is 0.0813. The molecule has 1 amide bonds. The first-order chi connectivity index (χ1) is 11.6. The molecule has 7 heteroatoms. The van der Waals surface area contributed by atoms with E-state index in [2.05, 4.69) is 15.6 Å². The molecule has 1 heterocycles. The Morgan fingerprint density at radius 2 is 1.96 bits per heavy atom. The Balaban J connectivity index is 1.82. The van der Waals surface area contributed by atoms with Crippen LogP contribution in [-0.4, -0.2) is 20.9 Å². The molecule has 2 aromatic carbocycles. The Morgan fingerprint density at radius 1 is 1.21 bits per heavy atom. The highest BCUT2D eigenvalue weighted by Crippen LogP contribution is 2.19. The van der Waals surface area contributed by atoms with Crippen LogP contribution >= 0.6 is 11.6 Å². The Hall–Kier alpha value is -2.86. The van der Waals surface area contributed by atoms with Crippen molar-refractivity contribution in [2.24, 2.45) is 0 Å². The summed E-state index contributed by atoms with van der Waals surface area (Å²) in [4.78, 5) is 12.4. The van der Waals surface area contributed by atoms with E-state index in [0.717, 1.165) is 5.56 Å². The number of benzene rings is 2. The fraction of sp³-hybridized carbons (Fsp3) is 0.118. The number of nitrogens with two attached hydrogens (primary N) is 1. The van der Waals surface area contributed by atoms with Crippen molar-refractivity contribution < 1.29 is 4.79 Å². The van der Waals surface area contributed by atoms with E-state index < -0.39 is 0 Å². The predicted octanol–water partition coefficient (Wildman–Crippen LogP) is 2.99. The Bertz CT molecular complexity index is 862. The van der Waals surface area contributed by atoms with Crippen molar-refractivity contribution in [3.63, 3.8) is 0 Å². The third-order valence-corrected chi connectivity index (χ3v) is 3.86. The van der Waals surface area contributed by atoms with Gasteiger partial charge in [0.2, 0.25) is 0 Å². The number of nitrogens with one attached hydrogen (secondary N) is 1. The van der Waals surface area contributed by atoms with Crippen LogP contribution in [0, 0.1) is 0 Å². The molecule has 0 fully saturated rings. The zero-order valence-corrected chi connectivity index (χ0v) is 13.7. The van der Waals surface area contributed by atoms with Crippen molar-refractivity contribution >= 4 is 23.3 Å². The molecule has 24 heavy (non-hydrogen) atoms. The van der Waals surface area contributed by atoms with Crippen LogP contribution in [0.2, 0.25) is 5.02 Å². The van der Waals surface area contributed by atoms with Gasteiger partial charge in [-0.3, -0.25) is 4.79 Å². The third-order valence-electron chi connectivity index (χ3n) is 3.62. The summed E-state index contributed by atoms with van der Waals surface area (Å²) in [5.74, 6) is -0.216. The van der Waals surface area contributed by atoms with Crippen LogP contribution in [-0.2, 0) is 0 Å². The van der Waals surface area contributed by atoms with Crippen molar-refractivity contribution in [2.75, 3.05) is 5.73 Å². The number of halogens is 1. The van der Waals surface area contributed by atoms with Crippen LogP contribution in [0.1, 0.15) is 29.0 Å². The molecule has 3 N–H and O–H groups in total. The molecule has 122 valence electrons. The van der Waals surface area contributed by atoms with E-state index in [0.29, 0.717) is 10.7 Å². The maximum Gasteiger partial charge on any atom is 0.276 e.